The van der Waals surface area contributed by atoms with Crippen LogP contribution in [0.15, 0.2) is 194 Å². The van der Waals surface area contributed by atoms with E-state index in [2.05, 4.69) is 202 Å². The van der Waals surface area contributed by atoms with Crippen molar-refractivity contribution in [3.63, 3.8) is 0 Å². The Morgan fingerprint density at radius 3 is 1.43 bits per heavy atom. The summed E-state index contributed by atoms with van der Waals surface area (Å²) < 4.78 is 0. The molecule has 0 saturated heterocycles. The predicted molar refractivity (Wildman–Crippen MR) is 262 cm³/mol. The highest BCUT2D eigenvalue weighted by Gasteiger charge is 2.47. The van der Waals surface area contributed by atoms with Crippen molar-refractivity contribution in [2.24, 2.45) is 0 Å². The highest BCUT2D eigenvalue weighted by atomic mass is 14.9. The van der Waals surface area contributed by atoms with Crippen molar-refractivity contribution in [3.8, 4) is 89.5 Å². The van der Waals surface area contributed by atoms with Crippen molar-refractivity contribution in [2.75, 3.05) is 0 Å². The molecular weight excluding hydrogens is 761 g/mol. The third-order valence-electron chi connectivity index (χ3n) is 14.5. The molecule has 1 saturated carbocycles. The maximum absolute atomic E-state index is 5.52. The summed E-state index contributed by atoms with van der Waals surface area (Å²) in [7, 11) is 0. The van der Waals surface area contributed by atoms with Gasteiger partial charge in [0, 0.05) is 33.1 Å². The van der Waals surface area contributed by atoms with E-state index in [-0.39, 0.29) is 10.8 Å². The molecule has 0 unspecified atom stereocenters. The Morgan fingerprint density at radius 2 is 0.794 bits per heavy atom. The topological polar surface area (TPSA) is 25.8 Å². The van der Waals surface area contributed by atoms with Crippen molar-refractivity contribution in [1.29, 1.82) is 0 Å². The molecule has 1 fully saturated rings. The lowest BCUT2D eigenvalue weighted by atomic mass is 9.67. The summed E-state index contributed by atoms with van der Waals surface area (Å²) in [5, 5.41) is 0. The van der Waals surface area contributed by atoms with E-state index in [4.69, 9.17) is 9.97 Å². The molecule has 2 heteroatoms. The fourth-order valence-electron chi connectivity index (χ4n) is 11.4. The normalized spacial score (nSPS) is 15.1. The van der Waals surface area contributed by atoms with Gasteiger partial charge in [0.25, 0.3) is 0 Å². The van der Waals surface area contributed by atoms with Gasteiger partial charge in [-0.25, -0.2) is 9.97 Å². The van der Waals surface area contributed by atoms with Crippen molar-refractivity contribution in [2.45, 2.75) is 56.8 Å². The quantitative estimate of drug-likeness (QED) is 0.167. The van der Waals surface area contributed by atoms with Crippen LogP contribution in [0.25, 0.3) is 89.5 Å². The van der Waals surface area contributed by atoms with E-state index < -0.39 is 0 Å². The maximum atomic E-state index is 5.52. The number of hydrogen-bond donors (Lipinski definition) is 0. The van der Waals surface area contributed by atoms with Gasteiger partial charge in [0.2, 0.25) is 0 Å². The molecule has 8 aromatic carbocycles. The molecule has 3 aliphatic carbocycles. The molecule has 2 nitrogen and oxygen atoms in total. The Balaban J connectivity index is 0.965. The molecule has 0 bridgehead atoms. The molecule has 302 valence electrons. The van der Waals surface area contributed by atoms with E-state index >= 15 is 0 Å². The largest absolute Gasteiger partial charge is 0.243 e. The van der Waals surface area contributed by atoms with Crippen LogP contribution in [0.2, 0.25) is 0 Å². The zero-order valence-corrected chi connectivity index (χ0v) is 35.9. The molecule has 1 aromatic heterocycles. The van der Waals surface area contributed by atoms with Gasteiger partial charge in [0.05, 0.1) is 22.8 Å². The lowest BCUT2D eigenvalue weighted by molar-refractivity contribution is 0.353. The first-order valence-electron chi connectivity index (χ1n) is 22.7. The van der Waals surface area contributed by atoms with Gasteiger partial charge in [-0.05, 0) is 97.8 Å². The Morgan fingerprint density at radius 1 is 0.317 bits per heavy atom. The van der Waals surface area contributed by atoms with Crippen LogP contribution >= 0.6 is 0 Å². The highest BCUT2D eigenvalue weighted by molar-refractivity contribution is 5.96. The first-order valence-corrected chi connectivity index (χ1v) is 22.7. The standard InChI is InChI=1S/C61H48N2/c1-60(2)51-29-14-13-27-48(51)49-38-54-50(39-53(49)60)55-47(28-18-30-52(55)61(54)35-15-6-16-36-61)41-33-31-40(32-34-41)45-25-17-26-46(37-45)59-58(44-23-11-5-12-24-44)62-56(42-19-7-3-8-20-42)57(63-59)43-21-9-4-10-22-43/h3-5,7-14,17-34,37-39H,6,15-16,35-36H2,1-2H3. The molecular formula is C61H48N2. The number of hydrogen-bond acceptors (Lipinski definition) is 2. The summed E-state index contributed by atoms with van der Waals surface area (Å²) in [5.74, 6) is 0. The zero-order valence-electron chi connectivity index (χ0n) is 35.9. The second-order valence-corrected chi connectivity index (χ2v) is 18.4. The summed E-state index contributed by atoms with van der Waals surface area (Å²) in [6, 6.07) is 70.9. The number of nitrogens with zero attached hydrogens (tertiary/aromatic N) is 2. The molecule has 0 atom stereocenters. The number of aromatic nitrogens is 2. The third-order valence-corrected chi connectivity index (χ3v) is 14.5. The molecule has 12 rings (SSSR count). The van der Waals surface area contributed by atoms with Crippen LogP contribution in [0, 0.1) is 0 Å². The Hall–Kier alpha value is -7.16. The molecule has 3 aliphatic rings. The van der Waals surface area contributed by atoms with Crippen LogP contribution in [-0.2, 0) is 10.8 Å². The summed E-state index contributed by atoms with van der Waals surface area (Å²) >= 11 is 0. The summed E-state index contributed by atoms with van der Waals surface area (Å²) in [6.07, 6.45) is 6.31. The highest BCUT2D eigenvalue weighted by Crippen LogP contribution is 2.61. The van der Waals surface area contributed by atoms with Crippen molar-refractivity contribution in [3.05, 3.63) is 216 Å². The van der Waals surface area contributed by atoms with Gasteiger partial charge in [-0.2, -0.15) is 0 Å². The molecule has 0 N–H and O–H groups in total. The lowest BCUT2D eigenvalue weighted by Crippen LogP contribution is -2.28. The summed E-state index contributed by atoms with van der Waals surface area (Å²) in [4.78, 5) is 11.0. The van der Waals surface area contributed by atoms with Gasteiger partial charge in [-0.3, -0.25) is 0 Å². The average Bonchev–Trinajstić information content (AvgIpc) is 3.74. The van der Waals surface area contributed by atoms with E-state index in [1.54, 1.807) is 5.56 Å². The van der Waals surface area contributed by atoms with Crippen molar-refractivity contribution < 1.29 is 0 Å². The average molecular weight is 809 g/mol. The molecule has 1 spiro atoms. The second kappa shape index (κ2) is 14.7. The minimum atomic E-state index is -0.0466. The first kappa shape index (κ1) is 37.6. The van der Waals surface area contributed by atoms with Crippen LogP contribution in [0.1, 0.15) is 68.2 Å². The monoisotopic (exact) mass is 808 g/mol. The minimum Gasteiger partial charge on any atom is -0.243 e. The number of fused-ring (bicyclic) bond motifs is 8. The van der Waals surface area contributed by atoms with E-state index in [0.29, 0.717) is 0 Å². The molecule has 0 amide bonds. The molecule has 1 heterocycles. The van der Waals surface area contributed by atoms with Gasteiger partial charge < -0.3 is 0 Å². The maximum Gasteiger partial charge on any atom is 0.0973 e. The SMILES string of the molecule is CC1(C)c2ccccc2-c2cc3c(cc21)-c1c(-c2ccc(-c4cccc(-c5nc(-c6ccccc6)c(-c6ccccc6)nc5-c5ccccc5)c4)cc2)cccc1C31CCCCC1. The summed E-state index contributed by atoms with van der Waals surface area (Å²) in [5.41, 5.74) is 24.3. The van der Waals surface area contributed by atoms with Crippen LogP contribution in [-0.4, -0.2) is 9.97 Å². The smallest absolute Gasteiger partial charge is 0.0973 e. The second-order valence-electron chi connectivity index (χ2n) is 18.4. The molecule has 0 radical (unpaired) electrons. The molecule has 9 aromatic rings. The fraction of sp³-hybridized carbons (Fsp3) is 0.148. The third kappa shape index (κ3) is 5.99. The number of benzene rings is 8. The van der Waals surface area contributed by atoms with Gasteiger partial charge in [0.15, 0.2) is 0 Å². The van der Waals surface area contributed by atoms with Crippen molar-refractivity contribution in [1.82, 2.24) is 9.97 Å². The number of rotatable bonds is 6. The van der Waals surface area contributed by atoms with E-state index in [9.17, 15) is 0 Å². The zero-order chi connectivity index (χ0) is 42.1. The minimum absolute atomic E-state index is 0.0466. The first-order chi connectivity index (χ1) is 31.0. The van der Waals surface area contributed by atoms with E-state index in [1.165, 1.54) is 87.7 Å². The Labute approximate surface area is 371 Å². The Bertz CT molecular complexity index is 3190. The van der Waals surface area contributed by atoms with Gasteiger partial charge in [-0.1, -0.05) is 209 Å². The van der Waals surface area contributed by atoms with Crippen LogP contribution < -0.4 is 0 Å². The van der Waals surface area contributed by atoms with Crippen LogP contribution in [0.4, 0.5) is 0 Å². The van der Waals surface area contributed by atoms with Gasteiger partial charge in [0.1, 0.15) is 0 Å². The fourth-order valence-corrected chi connectivity index (χ4v) is 11.4. The van der Waals surface area contributed by atoms with Crippen LogP contribution in [0.5, 0.6) is 0 Å². The van der Waals surface area contributed by atoms with Crippen molar-refractivity contribution >= 4 is 0 Å². The van der Waals surface area contributed by atoms with E-state index in [0.717, 1.165) is 50.6 Å². The predicted octanol–water partition coefficient (Wildman–Crippen LogP) is 16.0. The Kier molecular flexibility index (Phi) is 8.80. The molecule has 0 aliphatic heterocycles. The lowest BCUT2D eigenvalue weighted by Gasteiger charge is -2.36. The molecule has 63 heavy (non-hydrogen) atoms. The van der Waals surface area contributed by atoms with Gasteiger partial charge >= 0.3 is 0 Å². The summed E-state index contributed by atoms with van der Waals surface area (Å²) in [6.45, 7) is 4.82. The van der Waals surface area contributed by atoms with E-state index in [1.807, 2.05) is 6.07 Å². The van der Waals surface area contributed by atoms with Crippen LogP contribution in [0.3, 0.4) is 0 Å². The van der Waals surface area contributed by atoms with Gasteiger partial charge in [-0.15, -0.1) is 0 Å².